The SMILES string of the molecule is CCCCCOc1c(F)c(C)cc2c1C(=O)N1C[C@@H](O)C[C@@H]1CO2. The van der Waals surface area contributed by atoms with Crippen molar-refractivity contribution in [1.82, 2.24) is 4.90 Å². The first-order valence-corrected chi connectivity index (χ1v) is 8.60. The zero-order valence-electron chi connectivity index (χ0n) is 14.2. The summed E-state index contributed by atoms with van der Waals surface area (Å²) in [5.41, 5.74) is 0.542. The van der Waals surface area contributed by atoms with Crippen LogP contribution < -0.4 is 9.47 Å². The molecule has 2 aliphatic rings. The average molecular weight is 337 g/mol. The van der Waals surface area contributed by atoms with Crippen LogP contribution in [0.4, 0.5) is 4.39 Å². The molecule has 1 N–H and O–H groups in total. The molecule has 132 valence electrons. The number of hydrogen-bond donors (Lipinski definition) is 1. The maximum absolute atomic E-state index is 14.6. The number of aliphatic hydroxyl groups excluding tert-OH is 1. The summed E-state index contributed by atoms with van der Waals surface area (Å²) in [7, 11) is 0. The Balaban J connectivity index is 1.95. The molecule has 0 bridgehead atoms. The molecule has 2 atom stereocenters. The Bertz CT molecular complexity index is 634. The zero-order valence-corrected chi connectivity index (χ0v) is 14.2. The largest absolute Gasteiger partial charge is 0.490 e. The van der Waals surface area contributed by atoms with Gasteiger partial charge < -0.3 is 19.5 Å². The molecule has 0 spiro atoms. The number of ether oxygens (including phenoxy) is 2. The highest BCUT2D eigenvalue weighted by atomic mass is 19.1. The van der Waals surface area contributed by atoms with Crippen molar-refractivity contribution >= 4 is 5.91 Å². The molecule has 1 aromatic rings. The van der Waals surface area contributed by atoms with E-state index in [2.05, 4.69) is 6.92 Å². The molecule has 5 nitrogen and oxygen atoms in total. The highest BCUT2D eigenvalue weighted by Crippen LogP contribution is 2.38. The summed E-state index contributed by atoms with van der Waals surface area (Å²) in [5, 5.41) is 9.83. The van der Waals surface area contributed by atoms with Crippen molar-refractivity contribution in [1.29, 1.82) is 0 Å². The van der Waals surface area contributed by atoms with Gasteiger partial charge in [-0.15, -0.1) is 0 Å². The number of hydrogen-bond acceptors (Lipinski definition) is 4. The summed E-state index contributed by atoms with van der Waals surface area (Å²) in [6.07, 6.45) is 2.74. The lowest BCUT2D eigenvalue weighted by Gasteiger charge is -2.21. The molecule has 2 heterocycles. The number of fused-ring (bicyclic) bond motifs is 2. The van der Waals surface area contributed by atoms with Gasteiger partial charge >= 0.3 is 0 Å². The van der Waals surface area contributed by atoms with Crippen LogP contribution in [0.15, 0.2) is 6.07 Å². The van der Waals surface area contributed by atoms with Gasteiger partial charge in [-0.3, -0.25) is 4.79 Å². The molecule has 0 saturated carbocycles. The second-order valence-corrected chi connectivity index (χ2v) is 6.58. The summed E-state index contributed by atoms with van der Waals surface area (Å²) in [6, 6.07) is 1.37. The third-order valence-corrected chi connectivity index (χ3v) is 4.66. The first kappa shape index (κ1) is 17.0. The van der Waals surface area contributed by atoms with E-state index in [1.807, 2.05) is 0 Å². The lowest BCUT2D eigenvalue weighted by molar-refractivity contribution is 0.0705. The fraction of sp³-hybridized carbons (Fsp3) is 0.611. The van der Waals surface area contributed by atoms with Gasteiger partial charge in [0.1, 0.15) is 17.9 Å². The number of carbonyl (C=O) groups is 1. The maximum Gasteiger partial charge on any atom is 0.261 e. The van der Waals surface area contributed by atoms with Gasteiger partial charge in [-0.05, 0) is 31.4 Å². The lowest BCUT2D eigenvalue weighted by atomic mass is 10.1. The minimum Gasteiger partial charge on any atom is -0.490 e. The number of unbranched alkanes of at least 4 members (excludes halogenated alkanes) is 2. The number of halogens is 1. The lowest BCUT2D eigenvalue weighted by Crippen LogP contribution is -2.37. The number of nitrogens with zero attached hydrogens (tertiary/aromatic N) is 1. The molecule has 0 aromatic heterocycles. The number of carbonyl (C=O) groups excluding carboxylic acids is 1. The van der Waals surface area contributed by atoms with Crippen LogP contribution in [0, 0.1) is 12.7 Å². The third-order valence-electron chi connectivity index (χ3n) is 4.66. The topological polar surface area (TPSA) is 59.0 Å². The third kappa shape index (κ3) is 3.07. The van der Waals surface area contributed by atoms with E-state index in [0.717, 1.165) is 19.3 Å². The molecule has 0 radical (unpaired) electrons. The van der Waals surface area contributed by atoms with E-state index >= 15 is 0 Å². The molecule has 1 amide bonds. The van der Waals surface area contributed by atoms with Gasteiger partial charge in [0.05, 0.1) is 18.8 Å². The van der Waals surface area contributed by atoms with Crippen molar-refractivity contribution in [2.24, 2.45) is 0 Å². The van der Waals surface area contributed by atoms with Crippen molar-refractivity contribution in [3.8, 4) is 11.5 Å². The quantitative estimate of drug-likeness (QED) is 0.839. The highest BCUT2D eigenvalue weighted by Gasteiger charge is 2.40. The van der Waals surface area contributed by atoms with Crippen LogP contribution in [-0.2, 0) is 0 Å². The standard InChI is InChI=1S/C18H24FNO4/c1-3-4-5-6-23-17-15-14(7-11(2)16(17)19)24-10-12-8-13(21)9-20(12)18(15)22/h7,12-13,21H,3-6,8-10H2,1-2H3/t12-,13+/m1/s1. The molecule has 24 heavy (non-hydrogen) atoms. The number of aliphatic hydroxyl groups is 1. The Morgan fingerprint density at radius 2 is 2.25 bits per heavy atom. The fourth-order valence-corrected chi connectivity index (χ4v) is 3.34. The number of aryl methyl sites for hydroxylation is 1. The smallest absolute Gasteiger partial charge is 0.261 e. The van der Waals surface area contributed by atoms with E-state index in [-0.39, 0.29) is 29.8 Å². The van der Waals surface area contributed by atoms with E-state index in [1.54, 1.807) is 17.9 Å². The summed E-state index contributed by atoms with van der Waals surface area (Å²) in [5.74, 6) is -0.491. The Hall–Kier alpha value is -1.82. The Morgan fingerprint density at radius 3 is 3.00 bits per heavy atom. The van der Waals surface area contributed by atoms with Gasteiger partial charge in [0.25, 0.3) is 5.91 Å². The number of benzene rings is 1. The summed E-state index contributed by atoms with van der Waals surface area (Å²) in [4.78, 5) is 14.5. The summed E-state index contributed by atoms with van der Waals surface area (Å²) >= 11 is 0. The molecule has 1 aromatic carbocycles. The summed E-state index contributed by atoms with van der Waals surface area (Å²) in [6.45, 7) is 4.63. The van der Waals surface area contributed by atoms with E-state index in [0.29, 0.717) is 30.9 Å². The van der Waals surface area contributed by atoms with E-state index < -0.39 is 11.9 Å². The van der Waals surface area contributed by atoms with E-state index in [9.17, 15) is 14.3 Å². The van der Waals surface area contributed by atoms with Crippen LogP contribution in [0.1, 0.15) is 48.5 Å². The molecule has 0 aliphatic carbocycles. The van der Waals surface area contributed by atoms with Crippen LogP contribution in [0.5, 0.6) is 11.5 Å². The van der Waals surface area contributed by atoms with E-state index in [4.69, 9.17) is 9.47 Å². The Kier molecular flexibility index (Phi) is 4.94. The van der Waals surface area contributed by atoms with E-state index in [1.165, 1.54) is 0 Å². The predicted octanol–water partition coefficient (Wildman–Crippen LogP) is 2.67. The van der Waals surface area contributed by atoms with Gasteiger partial charge in [-0.2, -0.15) is 0 Å². The zero-order chi connectivity index (χ0) is 17.3. The molecule has 2 aliphatic heterocycles. The highest BCUT2D eigenvalue weighted by molar-refractivity contribution is 6.00. The van der Waals surface area contributed by atoms with Gasteiger partial charge in [0.2, 0.25) is 0 Å². The Morgan fingerprint density at radius 1 is 1.46 bits per heavy atom. The molecular weight excluding hydrogens is 313 g/mol. The van der Waals surface area contributed by atoms with Crippen LogP contribution in [0.3, 0.4) is 0 Å². The number of amides is 1. The number of rotatable bonds is 5. The van der Waals surface area contributed by atoms with Gasteiger partial charge in [-0.1, -0.05) is 19.8 Å². The maximum atomic E-state index is 14.6. The predicted molar refractivity (Wildman–Crippen MR) is 87.1 cm³/mol. The van der Waals surface area contributed by atoms with Crippen molar-refractivity contribution in [3.63, 3.8) is 0 Å². The molecule has 1 fully saturated rings. The van der Waals surface area contributed by atoms with Crippen molar-refractivity contribution in [3.05, 3.63) is 23.0 Å². The second kappa shape index (κ2) is 6.97. The molecular formula is C18H24FNO4. The molecule has 3 rings (SSSR count). The minimum absolute atomic E-state index is 0.0202. The van der Waals surface area contributed by atoms with Crippen LogP contribution in [0.25, 0.3) is 0 Å². The Labute approximate surface area is 141 Å². The van der Waals surface area contributed by atoms with Crippen molar-refractivity contribution in [2.75, 3.05) is 19.8 Å². The first-order chi connectivity index (χ1) is 11.5. The molecule has 6 heteroatoms. The summed E-state index contributed by atoms with van der Waals surface area (Å²) < 4.78 is 26.0. The van der Waals surface area contributed by atoms with Gasteiger partial charge in [0, 0.05) is 6.54 Å². The van der Waals surface area contributed by atoms with Crippen LogP contribution in [0.2, 0.25) is 0 Å². The van der Waals surface area contributed by atoms with Gasteiger partial charge in [0.15, 0.2) is 11.6 Å². The fourth-order valence-electron chi connectivity index (χ4n) is 3.34. The monoisotopic (exact) mass is 337 g/mol. The second-order valence-electron chi connectivity index (χ2n) is 6.58. The molecule has 0 unspecified atom stereocenters. The van der Waals surface area contributed by atoms with Crippen LogP contribution >= 0.6 is 0 Å². The average Bonchev–Trinajstić information content (AvgIpc) is 2.88. The van der Waals surface area contributed by atoms with Crippen molar-refractivity contribution in [2.45, 2.75) is 51.7 Å². The molecule has 1 saturated heterocycles. The van der Waals surface area contributed by atoms with Crippen LogP contribution in [-0.4, -0.2) is 47.8 Å². The van der Waals surface area contributed by atoms with Crippen molar-refractivity contribution < 1.29 is 23.8 Å². The van der Waals surface area contributed by atoms with Gasteiger partial charge in [-0.25, -0.2) is 4.39 Å². The minimum atomic E-state index is -0.562. The normalized spacial score (nSPS) is 22.7. The first-order valence-electron chi connectivity index (χ1n) is 8.60.